The number of aromatic nitrogens is 3. The van der Waals surface area contributed by atoms with E-state index in [0.717, 1.165) is 43.6 Å². The monoisotopic (exact) mass is 369 g/mol. The molecule has 3 heterocycles. The molecule has 0 radical (unpaired) electrons. The molecule has 27 heavy (non-hydrogen) atoms. The summed E-state index contributed by atoms with van der Waals surface area (Å²) in [6, 6.07) is 8.40. The molecule has 0 N–H and O–H groups in total. The van der Waals surface area contributed by atoms with E-state index < -0.39 is 0 Å². The second-order valence-electron chi connectivity index (χ2n) is 7.94. The first kappa shape index (κ1) is 18.4. The molecule has 2 aliphatic rings. The zero-order chi connectivity index (χ0) is 18.6. The van der Waals surface area contributed by atoms with Crippen molar-refractivity contribution in [3.8, 4) is 5.75 Å². The van der Waals surface area contributed by atoms with Gasteiger partial charge >= 0.3 is 0 Å². The van der Waals surface area contributed by atoms with E-state index in [4.69, 9.17) is 4.74 Å². The van der Waals surface area contributed by atoms with Gasteiger partial charge in [-0.1, -0.05) is 12.1 Å². The standard InChI is InChI=1S/C21H31N5O/c1-24-20(16-25-10-3-4-11-25)22-23-21(24)18-8-6-12-26(15-18)14-17-7-5-9-19(13-17)27-2/h5,7,9,13,18H,3-4,6,8,10-12,14-16H2,1-2H3/t18-/m1/s1. The molecule has 0 unspecified atom stereocenters. The van der Waals surface area contributed by atoms with E-state index in [1.165, 1.54) is 44.3 Å². The van der Waals surface area contributed by atoms with E-state index in [2.05, 4.69) is 49.8 Å². The highest BCUT2D eigenvalue weighted by Crippen LogP contribution is 2.27. The Balaban J connectivity index is 1.41. The maximum Gasteiger partial charge on any atom is 0.146 e. The summed E-state index contributed by atoms with van der Waals surface area (Å²) in [5, 5.41) is 9.11. The van der Waals surface area contributed by atoms with Gasteiger partial charge in [0, 0.05) is 26.1 Å². The van der Waals surface area contributed by atoms with Gasteiger partial charge in [-0.3, -0.25) is 9.80 Å². The first-order chi connectivity index (χ1) is 13.2. The molecule has 0 saturated carbocycles. The third kappa shape index (κ3) is 4.33. The Hall–Kier alpha value is -1.92. The van der Waals surface area contributed by atoms with Gasteiger partial charge in [0.25, 0.3) is 0 Å². The molecule has 2 saturated heterocycles. The lowest BCUT2D eigenvalue weighted by Gasteiger charge is -2.32. The van der Waals surface area contributed by atoms with Gasteiger partial charge in [0.15, 0.2) is 0 Å². The predicted octanol–water partition coefficient (Wildman–Crippen LogP) is 2.80. The van der Waals surface area contributed by atoms with Gasteiger partial charge in [-0.15, -0.1) is 10.2 Å². The number of likely N-dealkylation sites (tertiary alicyclic amines) is 2. The van der Waals surface area contributed by atoms with Crippen LogP contribution in [0.1, 0.15) is 48.8 Å². The third-order valence-electron chi connectivity index (χ3n) is 5.97. The van der Waals surface area contributed by atoms with Crippen LogP contribution in [0.15, 0.2) is 24.3 Å². The van der Waals surface area contributed by atoms with Crippen molar-refractivity contribution in [2.45, 2.75) is 44.7 Å². The molecule has 0 aliphatic carbocycles. The molecule has 4 rings (SSSR count). The Morgan fingerprint density at radius 3 is 2.67 bits per heavy atom. The summed E-state index contributed by atoms with van der Waals surface area (Å²) in [6.45, 7) is 6.48. The fourth-order valence-electron chi connectivity index (χ4n) is 4.45. The number of nitrogens with zero attached hydrogens (tertiary/aromatic N) is 5. The average molecular weight is 370 g/mol. The minimum Gasteiger partial charge on any atom is -0.497 e. The Labute approximate surface area is 162 Å². The third-order valence-corrected chi connectivity index (χ3v) is 5.97. The Bertz CT molecular complexity index is 753. The average Bonchev–Trinajstić information content (AvgIpc) is 3.33. The lowest BCUT2D eigenvalue weighted by Crippen LogP contribution is -2.35. The van der Waals surface area contributed by atoms with E-state index >= 15 is 0 Å². The van der Waals surface area contributed by atoms with Crippen LogP contribution in [0.4, 0.5) is 0 Å². The Morgan fingerprint density at radius 1 is 1.04 bits per heavy atom. The van der Waals surface area contributed by atoms with Gasteiger partial charge in [0.05, 0.1) is 13.7 Å². The second kappa shape index (κ2) is 8.40. The lowest BCUT2D eigenvalue weighted by molar-refractivity contribution is 0.194. The van der Waals surface area contributed by atoms with Crippen molar-refractivity contribution < 1.29 is 4.74 Å². The zero-order valence-corrected chi connectivity index (χ0v) is 16.6. The normalized spacial score (nSPS) is 21.6. The Kier molecular flexibility index (Phi) is 5.74. The number of rotatable bonds is 6. The van der Waals surface area contributed by atoms with Crippen molar-refractivity contribution >= 4 is 0 Å². The van der Waals surface area contributed by atoms with Gasteiger partial charge in [-0.2, -0.15) is 0 Å². The molecule has 2 aromatic rings. The van der Waals surface area contributed by atoms with Crippen LogP contribution in [0.3, 0.4) is 0 Å². The summed E-state index contributed by atoms with van der Waals surface area (Å²) in [7, 11) is 3.87. The summed E-state index contributed by atoms with van der Waals surface area (Å²) >= 11 is 0. The first-order valence-corrected chi connectivity index (χ1v) is 10.2. The van der Waals surface area contributed by atoms with Crippen LogP contribution in [-0.4, -0.2) is 57.9 Å². The highest BCUT2D eigenvalue weighted by Gasteiger charge is 2.26. The molecule has 1 atom stereocenters. The molecule has 0 amide bonds. The molecular formula is C21H31N5O. The van der Waals surface area contributed by atoms with Crippen LogP contribution in [0, 0.1) is 0 Å². The van der Waals surface area contributed by atoms with Crippen LogP contribution in [0.2, 0.25) is 0 Å². The fraction of sp³-hybridized carbons (Fsp3) is 0.619. The maximum absolute atomic E-state index is 5.36. The largest absolute Gasteiger partial charge is 0.497 e. The van der Waals surface area contributed by atoms with Crippen LogP contribution >= 0.6 is 0 Å². The SMILES string of the molecule is COc1cccc(CN2CCC[C@@H](c3nnc(CN4CCCC4)n3C)C2)c1. The van der Waals surface area contributed by atoms with E-state index in [9.17, 15) is 0 Å². The molecule has 0 spiro atoms. The van der Waals surface area contributed by atoms with Crippen molar-refractivity contribution in [2.24, 2.45) is 7.05 Å². The van der Waals surface area contributed by atoms with E-state index in [0.29, 0.717) is 5.92 Å². The Morgan fingerprint density at radius 2 is 1.85 bits per heavy atom. The smallest absolute Gasteiger partial charge is 0.146 e. The maximum atomic E-state index is 5.36. The minimum atomic E-state index is 0.467. The van der Waals surface area contributed by atoms with E-state index in [-0.39, 0.29) is 0 Å². The summed E-state index contributed by atoms with van der Waals surface area (Å²) in [4.78, 5) is 5.03. The molecule has 6 nitrogen and oxygen atoms in total. The molecule has 2 fully saturated rings. The zero-order valence-electron chi connectivity index (χ0n) is 16.6. The number of ether oxygens (including phenoxy) is 1. The summed E-state index contributed by atoms with van der Waals surface area (Å²) in [6.07, 6.45) is 5.03. The summed E-state index contributed by atoms with van der Waals surface area (Å²) < 4.78 is 7.61. The molecule has 0 bridgehead atoms. The number of hydrogen-bond donors (Lipinski definition) is 0. The quantitative estimate of drug-likeness (QED) is 0.784. The fourth-order valence-corrected chi connectivity index (χ4v) is 4.45. The number of hydrogen-bond acceptors (Lipinski definition) is 5. The van der Waals surface area contributed by atoms with Crippen molar-refractivity contribution in [2.75, 3.05) is 33.3 Å². The van der Waals surface area contributed by atoms with Gasteiger partial charge in [-0.25, -0.2) is 0 Å². The number of benzene rings is 1. The summed E-state index contributed by atoms with van der Waals surface area (Å²) in [5.41, 5.74) is 1.31. The van der Waals surface area contributed by atoms with Crippen molar-refractivity contribution in [1.82, 2.24) is 24.6 Å². The van der Waals surface area contributed by atoms with Gasteiger partial charge in [0.2, 0.25) is 0 Å². The molecule has 6 heteroatoms. The van der Waals surface area contributed by atoms with Crippen molar-refractivity contribution in [3.05, 3.63) is 41.5 Å². The van der Waals surface area contributed by atoms with E-state index in [1.54, 1.807) is 7.11 Å². The molecule has 1 aromatic carbocycles. The minimum absolute atomic E-state index is 0.467. The van der Waals surface area contributed by atoms with Crippen LogP contribution in [-0.2, 0) is 20.1 Å². The van der Waals surface area contributed by atoms with Gasteiger partial charge in [0.1, 0.15) is 17.4 Å². The molecule has 146 valence electrons. The van der Waals surface area contributed by atoms with E-state index in [1.807, 2.05) is 6.07 Å². The van der Waals surface area contributed by atoms with Gasteiger partial charge < -0.3 is 9.30 Å². The van der Waals surface area contributed by atoms with Crippen molar-refractivity contribution in [1.29, 1.82) is 0 Å². The van der Waals surface area contributed by atoms with Crippen LogP contribution in [0.25, 0.3) is 0 Å². The predicted molar refractivity (Wildman–Crippen MR) is 106 cm³/mol. The number of methoxy groups -OCH3 is 1. The molecule has 2 aliphatic heterocycles. The highest BCUT2D eigenvalue weighted by molar-refractivity contribution is 5.28. The molecule has 1 aromatic heterocycles. The topological polar surface area (TPSA) is 46.4 Å². The number of piperidine rings is 1. The van der Waals surface area contributed by atoms with Crippen LogP contribution in [0.5, 0.6) is 5.75 Å². The van der Waals surface area contributed by atoms with Crippen molar-refractivity contribution in [3.63, 3.8) is 0 Å². The first-order valence-electron chi connectivity index (χ1n) is 10.2. The molecular weight excluding hydrogens is 338 g/mol. The lowest BCUT2D eigenvalue weighted by atomic mass is 9.96. The van der Waals surface area contributed by atoms with Crippen LogP contribution < -0.4 is 4.74 Å². The van der Waals surface area contributed by atoms with Gasteiger partial charge in [-0.05, 0) is 63.0 Å². The second-order valence-corrected chi connectivity index (χ2v) is 7.94. The highest BCUT2D eigenvalue weighted by atomic mass is 16.5. The summed E-state index contributed by atoms with van der Waals surface area (Å²) in [5.74, 6) is 3.66.